The van der Waals surface area contributed by atoms with Crippen molar-refractivity contribution in [2.75, 3.05) is 7.11 Å². The molecule has 0 spiro atoms. The van der Waals surface area contributed by atoms with Gasteiger partial charge in [-0.05, 0) is 31.5 Å². The van der Waals surface area contributed by atoms with Crippen molar-refractivity contribution in [3.05, 3.63) is 29.3 Å². The van der Waals surface area contributed by atoms with E-state index in [1.54, 1.807) is 13.2 Å². The molecule has 0 saturated heterocycles. The zero-order chi connectivity index (χ0) is 13.5. The lowest BCUT2D eigenvalue weighted by atomic mass is 10.1. The van der Waals surface area contributed by atoms with Gasteiger partial charge in [0.15, 0.2) is 0 Å². The molecule has 0 radical (unpaired) electrons. The van der Waals surface area contributed by atoms with Crippen LogP contribution in [0.5, 0.6) is 5.75 Å². The van der Waals surface area contributed by atoms with Crippen molar-refractivity contribution in [3.8, 4) is 5.75 Å². The van der Waals surface area contributed by atoms with Gasteiger partial charge in [0.25, 0.3) is 0 Å². The van der Waals surface area contributed by atoms with Crippen LogP contribution in [0.15, 0.2) is 18.2 Å². The molecule has 18 heavy (non-hydrogen) atoms. The number of hydrogen-bond donors (Lipinski definition) is 2. The van der Waals surface area contributed by atoms with E-state index in [9.17, 15) is 0 Å². The van der Waals surface area contributed by atoms with Crippen LogP contribution in [0.25, 0.3) is 0 Å². The summed E-state index contributed by atoms with van der Waals surface area (Å²) in [6, 6.07) is 5.44. The molecule has 0 aliphatic heterocycles. The van der Waals surface area contributed by atoms with Gasteiger partial charge in [-0.2, -0.15) is 0 Å². The number of ether oxygens (including phenoxy) is 2. The molecule has 1 aromatic rings. The Morgan fingerprint density at radius 1 is 1.44 bits per heavy atom. The van der Waals surface area contributed by atoms with Gasteiger partial charge in [-0.25, -0.2) is 0 Å². The first-order valence-corrected chi connectivity index (χ1v) is 6.21. The summed E-state index contributed by atoms with van der Waals surface area (Å²) >= 11 is 0. The van der Waals surface area contributed by atoms with Crippen LogP contribution in [-0.4, -0.2) is 19.0 Å². The lowest BCUT2D eigenvalue weighted by Crippen LogP contribution is -2.13. The van der Waals surface area contributed by atoms with Crippen molar-refractivity contribution in [1.82, 2.24) is 0 Å². The van der Waals surface area contributed by atoms with Crippen LogP contribution in [0, 0.1) is 5.41 Å². The summed E-state index contributed by atoms with van der Waals surface area (Å²) < 4.78 is 11.0. The van der Waals surface area contributed by atoms with Crippen LogP contribution >= 0.6 is 0 Å². The van der Waals surface area contributed by atoms with Gasteiger partial charge < -0.3 is 15.2 Å². The first kappa shape index (κ1) is 14.5. The van der Waals surface area contributed by atoms with Gasteiger partial charge in [-0.1, -0.05) is 13.3 Å². The Labute approximate surface area is 109 Å². The summed E-state index contributed by atoms with van der Waals surface area (Å²) in [6.07, 6.45) is 2.36. The van der Waals surface area contributed by atoms with Gasteiger partial charge in [0, 0.05) is 11.1 Å². The third kappa shape index (κ3) is 4.04. The average Bonchev–Trinajstić information content (AvgIpc) is 2.36. The van der Waals surface area contributed by atoms with Gasteiger partial charge in [0.1, 0.15) is 11.6 Å². The molecule has 4 nitrogen and oxygen atoms in total. The maximum Gasteiger partial charge on any atom is 0.124 e. The third-order valence-electron chi connectivity index (χ3n) is 2.81. The standard InChI is InChI=1S/C14H22N2O2/c1-4-5-10(2)18-9-12-8-11(14(15)16)6-7-13(12)17-3/h6-8,10H,4-5,9H2,1-3H3,(H3,15,16). The van der Waals surface area contributed by atoms with E-state index >= 15 is 0 Å². The molecule has 0 aliphatic rings. The topological polar surface area (TPSA) is 68.3 Å². The van der Waals surface area contributed by atoms with Crippen molar-refractivity contribution in [1.29, 1.82) is 5.41 Å². The average molecular weight is 250 g/mol. The fraction of sp³-hybridized carbons (Fsp3) is 0.500. The quantitative estimate of drug-likeness (QED) is 0.577. The molecule has 4 heteroatoms. The second-order valence-corrected chi connectivity index (χ2v) is 4.35. The summed E-state index contributed by atoms with van der Waals surface area (Å²) in [5.41, 5.74) is 7.10. The van der Waals surface area contributed by atoms with Crippen LogP contribution in [0.1, 0.15) is 37.8 Å². The number of nitrogens with one attached hydrogen (secondary N) is 1. The second-order valence-electron chi connectivity index (χ2n) is 4.35. The fourth-order valence-electron chi connectivity index (χ4n) is 1.78. The zero-order valence-electron chi connectivity index (χ0n) is 11.3. The number of methoxy groups -OCH3 is 1. The van der Waals surface area contributed by atoms with Gasteiger partial charge in [-0.3, -0.25) is 5.41 Å². The second kappa shape index (κ2) is 7.01. The molecule has 3 N–H and O–H groups in total. The molecular weight excluding hydrogens is 228 g/mol. The van der Waals surface area contributed by atoms with Crippen LogP contribution in [0.3, 0.4) is 0 Å². The highest BCUT2D eigenvalue weighted by Gasteiger charge is 2.08. The molecule has 1 atom stereocenters. The number of nitrogens with two attached hydrogens (primary N) is 1. The van der Waals surface area contributed by atoms with Crippen LogP contribution in [0.4, 0.5) is 0 Å². The fourth-order valence-corrected chi connectivity index (χ4v) is 1.78. The molecule has 0 aromatic heterocycles. The van der Waals surface area contributed by atoms with Crippen molar-refractivity contribution in [2.24, 2.45) is 5.73 Å². The zero-order valence-corrected chi connectivity index (χ0v) is 11.3. The van der Waals surface area contributed by atoms with Gasteiger partial charge in [-0.15, -0.1) is 0 Å². The molecule has 100 valence electrons. The molecule has 0 amide bonds. The minimum atomic E-state index is 0.0560. The molecule has 1 rings (SSSR count). The molecule has 0 fully saturated rings. The van der Waals surface area contributed by atoms with E-state index < -0.39 is 0 Å². The van der Waals surface area contributed by atoms with Gasteiger partial charge in [0.2, 0.25) is 0 Å². The normalized spacial score (nSPS) is 12.2. The maximum absolute atomic E-state index is 7.44. The molecule has 0 bridgehead atoms. The first-order chi connectivity index (χ1) is 8.58. The van der Waals surface area contributed by atoms with E-state index in [1.165, 1.54) is 0 Å². The maximum atomic E-state index is 7.44. The Balaban J connectivity index is 2.78. The molecule has 0 heterocycles. The smallest absolute Gasteiger partial charge is 0.124 e. The number of amidine groups is 1. The molecule has 1 unspecified atom stereocenters. The molecule has 0 aliphatic carbocycles. The molecule has 0 saturated carbocycles. The number of hydrogen-bond acceptors (Lipinski definition) is 3. The Morgan fingerprint density at radius 3 is 2.72 bits per heavy atom. The highest BCUT2D eigenvalue weighted by molar-refractivity contribution is 5.95. The van der Waals surface area contributed by atoms with E-state index in [-0.39, 0.29) is 11.9 Å². The largest absolute Gasteiger partial charge is 0.496 e. The van der Waals surface area contributed by atoms with Crippen molar-refractivity contribution in [3.63, 3.8) is 0 Å². The van der Waals surface area contributed by atoms with Crippen LogP contribution < -0.4 is 10.5 Å². The minimum absolute atomic E-state index is 0.0560. The first-order valence-electron chi connectivity index (χ1n) is 6.21. The molecule has 1 aromatic carbocycles. The Hall–Kier alpha value is -1.55. The lowest BCUT2D eigenvalue weighted by Gasteiger charge is -2.14. The van der Waals surface area contributed by atoms with Crippen LogP contribution in [0.2, 0.25) is 0 Å². The van der Waals surface area contributed by atoms with E-state index in [0.717, 1.165) is 24.2 Å². The summed E-state index contributed by atoms with van der Waals surface area (Å²) in [6.45, 7) is 4.67. The Kier molecular flexibility index (Phi) is 5.65. The summed E-state index contributed by atoms with van der Waals surface area (Å²) in [4.78, 5) is 0. The predicted octanol–water partition coefficient (Wildman–Crippen LogP) is 2.68. The highest BCUT2D eigenvalue weighted by atomic mass is 16.5. The van der Waals surface area contributed by atoms with Crippen molar-refractivity contribution >= 4 is 5.84 Å². The lowest BCUT2D eigenvalue weighted by molar-refractivity contribution is 0.0461. The van der Waals surface area contributed by atoms with Gasteiger partial charge >= 0.3 is 0 Å². The van der Waals surface area contributed by atoms with Crippen molar-refractivity contribution in [2.45, 2.75) is 39.4 Å². The molecular formula is C14H22N2O2. The minimum Gasteiger partial charge on any atom is -0.496 e. The monoisotopic (exact) mass is 250 g/mol. The number of benzene rings is 1. The summed E-state index contributed by atoms with van der Waals surface area (Å²) in [7, 11) is 1.63. The van der Waals surface area contributed by atoms with Crippen LogP contribution in [-0.2, 0) is 11.3 Å². The van der Waals surface area contributed by atoms with E-state index in [4.69, 9.17) is 20.6 Å². The SMILES string of the molecule is CCCC(C)OCc1cc(C(=N)N)ccc1OC. The Morgan fingerprint density at radius 2 is 2.17 bits per heavy atom. The summed E-state index contributed by atoms with van der Waals surface area (Å²) in [5, 5.41) is 7.44. The third-order valence-corrected chi connectivity index (χ3v) is 2.81. The van der Waals surface area contributed by atoms with E-state index in [1.807, 2.05) is 12.1 Å². The van der Waals surface area contributed by atoms with E-state index in [0.29, 0.717) is 12.2 Å². The van der Waals surface area contributed by atoms with E-state index in [2.05, 4.69) is 13.8 Å². The van der Waals surface area contributed by atoms with Gasteiger partial charge in [0.05, 0.1) is 19.8 Å². The Bertz CT molecular complexity index is 405. The highest BCUT2D eigenvalue weighted by Crippen LogP contribution is 2.21. The van der Waals surface area contributed by atoms with Crippen molar-refractivity contribution < 1.29 is 9.47 Å². The number of nitrogen functional groups attached to an aromatic ring is 1. The number of rotatable bonds is 7. The predicted molar refractivity (Wildman–Crippen MR) is 73.2 cm³/mol. The summed E-state index contributed by atoms with van der Waals surface area (Å²) in [5.74, 6) is 0.823.